The normalized spacial score (nSPS) is 17.1. The van der Waals surface area contributed by atoms with Gasteiger partial charge in [0.05, 0.1) is 0 Å². The average Bonchev–Trinajstić information content (AvgIpc) is 2.38. The van der Waals surface area contributed by atoms with Gasteiger partial charge in [0.2, 0.25) is 0 Å². The highest BCUT2D eigenvalue weighted by Gasteiger charge is 2.19. The lowest BCUT2D eigenvalue weighted by Crippen LogP contribution is -2.39. The van der Waals surface area contributed by atoms with Gasteiger partial charge in [-0.2, -0.15) is 0 Å². The maximum Gasteiger partial charge on any atom is 0.0398 e. The van der Waals surface area contributed by atoms with Crippen molar-refractivity contribution >= 4 is 5.69 Å². The smallest absolute Gasteiger partial charge is 0.0398 e. The molecular formula is C16H26N2. The van der Waals surface area contributed by atoms with Crippen LogP contribution in [0.15, 0.2) is 24.3 Å². The lowest BCUT2D eigenvalue weighted by atomic mass is 9.96. The Bertz CT molecular complexity index is 367. The van der Waals surface area contributed by atoms with Crippen LogP contribution >= 0.6 is 0 Å². The van der Waals surface area contributed by atoms with Crippen LogP contribution in [0.2, 0.25) is 0 Å². The van der Waals surface area contributed by atoms with E-state index in [1.54, 1.807) is 0 Å². The molecule has 2 nitrogen and oxygen atoms in total. The minimum Gasteiger partial charge on any atom is -0.369 e. The predicted octanol–water partition coefficient (Wildman–Crippen LogP) is 3.21. The van der Waals surface area contributed by atoms with Gasteiger partial charge in [0.1, 0.15) is 0 Å². The molecule has 0 unspecified atom stereocenters. The van der Waals surface area contributed by atoms with E-state index >= 15 is 0 Å². The number of benzene rings is 1. The van der Waals surface area contributed by atoms with Gasteiger partial charge in [-0.1, -0.05) is 18.2 Å². The number of aryl methyl sites for hydroxylation is 1. The van der Waals surface area contributed by atoms with Crippen LogP contribution in [0, 0.1) is 12.8 Å². The second-order valence-corrected chi connectivity index (χ2v) is 5.73. The van der Waals surface area contributed by atoms with E-state index in [0.29, 0.717) is 6.04 Å². The van der Waals surface area contributed by atoms with Gasteiger partial charge in [0, 0.05) is 18.3 Å². The molecule has 1 aromatic carbocycles. The largest absolute Gasteiger partial charge is 0.369 e. The molecule has 2 rings (SSSR count). The second kappa shape index (κ2) is 6.24. The van der Waals surface area contributed by atoms with Gasteiger partial charge in [0.25, 0.3) is 0 Å². The summed E-state index contributed by atoms with van der Waals surface area (Å²) >= 11 is 0. The van der Waals surface area contributed by atoms with Crippen molar-refractivity contribution in [1.29, 1.82) is 0 Å². The number of para-hydroxylation sites is 1. The highest BCUT2D eigenvalue weighted by molar-refractivity contribution is 5.53. The molecule has 0 radical (unpaired) electrons. The first-order valence-corrected chi connectivity index (χ1v) is 7.21. The lowest BCUT2D eigenvalue weighted by Gasteiger charge is -2.35. The second-order valence-electron chi connectivity index (χ2n) is 5.73. The molecular weight excluding hydrogens is 220 g/mol. The quantitative estimate of drug-likeness (QED) is 0.877. The molecule has 100 valence electrons. The van der Waals surface area contributed by atoms with E-state index in [2.05, 4.69) is 55.3 Å². The molecule has 0 atom stereocenters. The number of rotatable bonds is 4. The van der Waals surface area contributed by atoms with Crippen molar-refractivity contribution in [2.45, 2.75) is 39.7 Å². The summed E-state index contributed by atoms with van der Waals surface area (Å²) in [4.78, 5) is 2.57. The average molecular weight is 246 g/mol. The molecule has 1 N–H and O–H groups in total. The Morgan fingerprint density at radius 3 is 2.50 bits per heavy atom. The van der Waals surface area contributed by atoms with Crippen molar-refractivity contribution < 1.29 is 0 Å². The summed E-state index contributed by atoms with van der Waals surface area (Å²) in [6, 6.07) is 9.33. The fourth-order valence-electron chi connectivity index (χ4n) is 2.82. The zero-order valence-electron chi connectivity index (χ0n) is 11.9. The van der Waals surface area contributed by atoms with Gasteiger partial charge in [0.15, 0.2) is 0 Å². The summed E-state index contributed by atoms with van der Waals surface area (Å²) in [6.45, 7) is 10.4. The van der Waals surface area contributed by atoms with Gasteiger partial charge in [-0.05, 0) is 64.3 Å². The van der Waals surface area contributed by atoms with E-state index in [9.17, 15) is 0 Å². The Hall–Kier alpha value is -1.02. The Balaban J connectivity index is 2.10. The maximum atomic E-state index is 3.45. The van der Waals surface area contributed by atoms with Gasteiger partial charge in [-0.15, -0.1) is 0 Å². The number of piperidine rings is 1. The van der Waals surface area contributed by atoms with Crippen LogP contribution in [-0.2, 0) is 0 Å². The van der Waals surface area contributed by atoms with E-state index in [0.717, 1.165) is 5.92 Å². The first-order valence-electron chi connectivity index (χ1n) is 7.21. The van der Waals surface area contributed by atoms with Gasteiger partial charge >= 0.3 is 0 Å². The zero-order chi connectivity index (χ0) is 13.0. The third-order valence-electron chi connectivity index (χ3n) is 3.96. The number of hydrogen-bond acceptors (Lipinski definition) is 2. The molecule has 0 amide bonds. The number of hydrogen-bond donors (Lipinski definition) is 1. The third kappa shape index (κ3) is 3.26. The Kier molecular flexibility index (Phi) is 4.65. The minimum atomic E-state index is 0.570. The van der Waals surface area contributed by atoms with Crippen LogP contribution in [0.25, 0.3) is 0 Å². The highest BCUT2D eigenvalue weighted by atomic mass is 15.2. The Morgan fingerprint density at radius 1 is 1.22 bits per heavy atom. The van der Waals surface area contributed by atoms with Gasteiger partial charge in [-0.25, -0.2) is 0 Å². The van der Waals surface area contributed by atoms with Crippen molar-refractivity contribution in [3.8, 4) is 0 Å². The molecule has 1 aliphatic heterocycles. The molecule has 0 aromatic heterocycles. The summed E-state index contributed by atoms with van der Waals surface area (Å²) in [5, 5.41) is 3.45. The summed E-state index contributed by atoms with van der Waals surface area (Å²) in [6.07, 6.45) is 2.63. The van der Waals surface area contributed by atoms with E-state index in [1.807, 2.05) is 0 Å². The predicted molar refractivity (Wildman–Crippen MR) is 79.3 cm³/mol. The third-order valence-corrected chi connectivity index (χ3v) is 3.96. The number of nitrogens with zero attached hydrogens (tertiary/aromatic N) is 1. The van der Waals surface area contributed by atoms with Crippen molar-refractivity contribution in [3.63, 3.8) is 0 Å². The SMILES string of the molecule is Cc1ccccc1N(CC1CCNCC1)C(C)C. The lowest BCUT2D eigenvalue weighted by molar-refractivity contribution is 0.367. The molecule has 1 fully saturated rings. The van der Waals surface area contributed by atoms with Gasteiger partial charge in [-0.3, -0.25) is 0 Å². The first-order chi connectivity index (χ1) is 8.68. The van der Waals surface area contributed by atoms with E-state index in [4.69, 9.17) is 0 Å². The zero-order valence-corrected chi connectivity index (χ0v) is 11.9. The van der Waals surface area contributed by atoms with Crippen LogP contribution in [0.4, 0.5) is 5.69 Å². The fraction of sp³-hybridized carbons (Fsp3) is 0.625. The maximum absolute atomic E-state index is 3.45. The summed E-state index contributed by atoms with van der Waals surface area (Å²) in [7, 11) is 0. The van der Waals surface area contributed by atoms with E-state index in [-0.39, 0.29) is 0 Å². The first kappa shape index (κ1) is 13.4. The number of nitrogens with one attached hydrogen (secondary N) is 1. The topological polar surface area (TPSA) is 15.3 Å². The van der Waals surface area contributed by atoms with Crippen molar-refractivity contribution in [2.75, 3.05) is 24.5 Å². The molecule has 1 aliphatic rings. The molecule has 2 heteroatoms. The van der Waals surface area contributed by atoms with Crippen LogP contribution < -0.4 is 10.2 Å². The Morgan fingerprint density at radius 2 is 1.89 bits per heavy atom. The van der Waals surface area contributed by atoms with Crippen LogP contribution in [0.3, 0.4) is 0 Å². The van der Waals surface area contributed by atoms with E-state index in [1.165, 1.54) is 43.7 Å². The Labute approximate surface area is 111 Å². The molecule has 1 saturated heterocycles. The molecule has 0 saturated carbocycles. The molecule has 0 spiro atoms. The standard InChI is InChI=1S/C16H26N2/c1-13(2)18(12-15-8-10-17-11-9-15)16-7-5-4-6-14(16)3/h4-7,13,15,17H,8-12H2,1-3H3. The molecule has 1 heterocycles. The van der Waals surface area contributed by atoms with Gasteiger partial charge < -0.3 is 10.2 Å². The molecule has 0 bridgehead atoms. The summed E-state index contributed by atoms with van der Waals surface area (Å²) in [5.41, 5.74) is 2.80. The molecule has 1 aromatic rings. The van der Waals surface area contributed by atoms with Crippen molar-refractivity contribution in [1.82, 2.24) is 5.32 Å². The monoisotopic (exact) mass is 246 g/mol. The summed E-state index contributed by atoms with van der Waals surface area (Å²) in [5.74, 6) is 0.841. The highest BCUT2D eigenvalue weighted by Crippen LogP contribution is 2.25. The summed E-state index contributed by atoms with van der Waals surface area (Å²) < 4.78 is 0. The molecule has 0 aliphatic carbocycles. The van der Waals surface area contributed by atoms with Crippen LogP contribution in [-0.4, -0.2) is 25.7 Å². The minimum absolute atomic E-state index is 0.570. The van der Waals surface area contributed by atoms with Crippen molar-refractivity contribution in [3.05, 3.63) is 29.8 Å². The molecule has 18 heavy (non-hydrogen) atoms. The van der Waals surface area contributed by atoms with Crippen molar-refractivity contribution in [2.24, 2.45) is 5.92 Å². The van der Waals surface area contributed by atoms with E-state index < -0.39 is 0 Å². The fourth-order valence-corrected chi connectivity index (χ4v) is 2.82. The number of anilines is 1. The van der Waals surface area contributed by atoms with Crippen LogP contribution in [0.1, 0.15) is 32.3 Å². The van der Waals surface area contributed by atoms with Crippen LogP contribution in [0.5, 0.6) is 0 Å².